The van der Waals surface area contributed by atoms with Crippen LogP contribution in [-0.4, -0.2) is 28.7 Å². The van der Waals surface area contributed by atoms with Gasteiger partial charge in [-0.15, -0.1) is 0 Å². The van der Waals surface area contributed by atoms with Gasteiger partial charge in [-0.2, -0.15) is 4.99 Å². The van der Waals surface area contributed by atoms with Crippen LogP contribution < -0.4 is 0 Å². The summed E-state index contributed by atoms with van der Waals surface area (Å²) in [7, 11) is 0. The number of hydrogen-bond acceptors (Lipinski definition) is 3. The van der Waals surface area contributed by atoms with E-state index in [0.717, 1.165) is 11.5 Å². The average Bonchev–Trinajstić information content (AvgIpc) is 2.46. The third-order valence-electron chi connectivity index (χ3n) is 1.70. The molecule has 0 radical (unpaired) electrons. The number of aliphatic imine (C=N–C) groups is 4. The summed E-state index contributed by atoms with van der Waals surface area (Å²) in [5, 5.41) is 0.322. The quantitative estimate of drug-likeness (QED) is 0.577. The normalized spacial score (nSPS) is 19.9. The molecule has 0 unspecified atom stereocenters. The fourth-order valence-electron chi connectivity index (χ4n) is 1.03. The van der Waals surface area contributed by atoms with Crippen LogP contribution in [0.2, 0.25) is 0 Å². The lowest BCUT2D eigenvalue weighted by molar-refractivity contribution is 0.878. The predicted molar refractivity (Wildman–Crippen MR) is 58.2 cm³/mol. The Morgan fingerprint density at radius 3 is 2.69 bits per heavy atom. The molecule has 0 aromatic carbocycles. The molecule has 0 fully saturated rings. The van der Waals surface area contributed by atoms with E-state index in [0.29, 0.717) is 16.9 Å². The van der Waals surface area contributed by atoms with Crippen molar-refractivity contribution in [2.45, 2.75) is 13.8 Å². The van der Waals surface area contributed by atoms with E-state index in [-0.39, 0.29) is 0 Å². The molecule has 2 rings (SSSR count). The lowest BCUT2D eigenvalue weighted by Gasteiger charge is -1.97. The summed E-state index contributed by atoms with van der Waals surface area (Å²) < 4.78 is 0. The highest BCUT2D eigenvalue weighted by atomic mass is 32.1. The van der Waals surface area contributed by atoms with Crippen LogP contribution in [0.15, 0.2) is 20.0 Å². The first kappa shape index (κ1) is 8.37. The third-order valence-corrected chi connectivity index (χ3v) is 1.90. The van der Waals surface area contributed by atoms with Gasteiger partial charge < -0.3 is 0 Å². The second-order valence-electron chi connectivity index (χ2n) is 3.10. The van der Waals surface area contributed by atoms with Gasteiger partial charge in [0.15, 0.2) is 5.84 Å². The molecule has 0 N–H and O–H groups in total. The lowest BCUT2D eigenvalue weighted by atomic mass is 10.2. The van der Waals surface area contributed by atoms with Gasteiger partial charge in [-0.3, -0.25) is 0 Å². The van der Waals surface area contributed by atoms with Gasteiger partial charge in [0.1, 0.15) is 11.5 Å². The third kappa shape index (κ3) is 1.47. The molecule has 0 atom stereocenters. The van der Waals surface area contributed by atoms with Gasteiger partial charge in [0.05, 0.1) is 6.21 Å². The number of hydrogen-bond donors (Lipinski definition) is 0. The molecular weight excluding hydrogens is 184 g/mol. The highest BCUT2D eigenvalue weighted by Gasteiger charge is 2.21. The number of rotatable bonds is 1. The zero-order valence-corrected chi connectivity index (χ0v) is 8.17. The standard InChI is InChI=1S/C8H8N4S/c1-4(2)6-10-5-3-9-8(13)12-7(5)11-6/h3-4H,1-2H3. The molecule has 2 heterocycles. The molecule has 2 aliphatic heterocycles. The Balaban J connectivity index is 2.39. The molecule has 0 saturated carbocycles. The van der Waals surface area contributed by atoms with Crippen molar-refractivity contribution in [3.63, 3.8) is 0 Å². The number of fused-ring (bicyclic) bond motifs is 1. The van der Waals surface area contributed by atoms with E-state index >= 15 is 0 Å². The molecule has 0 bridgehead atoms. The molecule has 0 aromatic rings. The first-order valence-corrected chi connectivity index (χ1v) is 4.42. The Morgan fingerprint density at radius 2 is 2.00 bits per heavy atom. The molecule has 0 spiro atoms. The summed E-state index contributed by atoms with van der Waals surface area (Å²) in [6, 6.07) is 0. The molecule has 2 aliphatic rings. The molecular formula is C8H8N4S. The fraction of sp³-hybridized carbons (Fsp3) is 0.375. The zero-order chi connectivity index (χ0) is 9.42. The number of amidine groups is 2. The van der Waals surface area contributed by atoms with Crippen molar-refractivity contribution in [3.05, 3.63) is 0 Å². The molecule has 0 amide bonds. The molecule has 4 nitrogen and oxygen atoms in total. The van der Waals surface area contributed by atoms with E-state index in [1.54, 1.807) is 6.21 Å². The maximum atomic E-state index is 4.82. The van der Waals surface area contributed by atoms with Crippen LogP contribution in [0.5, 0.6) is 0 Å². The summed E-state index contributed by atoms with van der Waals surface area (Å²) in [5.41, 5.74) is 0.720. The fourth-order valence-corrected chi connectivity index (χ4v) is 1.17. The first-order chi connectivity index (χ1) is 6.16. The zero-order valence-electron chi connectivity index (χ0n) is 7.35. The molecule has 66 valence electrons. The van der Waals surface area contributed by atoms with Crippen molar-refractivity contribution >= 4 is 40.9 Å². The maximum absolute atomic E-state index is 4.82. The van der Waals surface area contributed by atoms with Crippen molar-refractivity contribution in [2.24, 2.45) is 25.9 Å². The Kier molecular flexibility index (Phi) is 1.88. The van der Waals surface area contributed by atoms with E-state index in [1.165, 1.54) is 0 Å². The minimum atomic E-state index is 0.308. The van der Waals surface area contributed by atoms with Crippen molar-refractivity contribution in [2.75, 3.05) is 0 Å². The monoisotopic (exact) mass is 192 g/mol. The first-order valence-electron chi connectivity index (χ1n) is 4.01. The van der Waals surface area contributed by atoms with Crippen LogP contribution in [0.25, 0.3) is 0 Å². The van der Waals surface area contributed by atoms with Crippen LogP contribution in [0.4, 0.5) is 0 Å². The van der Waals surface area contributed by atoms with Crippen molar-refractivity contribution in [3.8, 4) is 0 Å². The molecule has 13 heavy (non-hydrogen) atoms. The van der Waals surface area contributed by atoms with E-state index < -0.39 is 0 Å². The molecule has 5 heteroatoms. The minimum absolute atomic E-state index is 0.308. The lowest BCUT2D eigenvalue weighted by Crippen LogP contribution is -2.15. The smallest absolute Gasteiger partial charge is 0.221 e. The topological polar surface area (TPSA) is 49.4 Å². The summed E-state index contributed by atoms with van der Waals surface area (Å²) >= 11 is 4.82. The second kappa shape index (κ2) is 2.92. The highest BCUT2D eigenvalue weighted by molar-refractivity contribution is 7.80. The molecule has 0 aliphatic carbocycles. The van der Waals surface area contributed by atoms with Gasteiger partial charge in [0.2, 0.25) is 5.11 Å². The van der Waals surface area contributed by atoms with Gasteiger partial charge in [0.25, 0.3) is 0 Å². The Bertz CT molecular complexity index is 387. The largest absolute Gasteiger partial charge is 0.228 e. The summed E-state index contributed by atoms with van der Waals surface area (Å²) in [6.07, 6.45) is 1.61. The molecule has 0 aromatic heterocycles. The maximum Gasteiger partial charge on any atom is 0.221 e. The highest BCUT2D eigenvalue weighted by Crippen LogP contribution is 2.10. The summed E-state index contributed by atoms with van der Waals surface area (Å²) in [6.45, 7) is 4.08. The van der Waals surface area contributed by atoms with Gasteiger partial charge in [0, 0.05) is 5.92 Å². The van der Waals surface area contributed by atoms with Gasteiger partial charge in [-0.05, 0) is 12.2 Å². The second-order valence-corrected chi connectivity index (χ2v) is 3.46. The van der Waals surface area contributed by atoms with Crippen LogP contribution in [-0.2, 0) is 0 Å². The van der Waals surface area contributed by atoms with Crippen LogP contribution in [0, 0.1) is 5.92 Å². The van der Waals surface area contributed by atoms with Gasteiger partial charge in [-0.25, -0.2) is 15.0 Å². The van der Waals surface area contributed by atoms with Crippen molar-refractivity contribution in [1.82, 2.24) is 0 Å². The summed E-state index contributed by atoms with van der Waals surface area (Å²) in [5.74, 6) is 1.70. The number of nitrogens with zero attached hydrogens (tertiary/aromatic N) is 4. The SMILES string of the molecule is CC(C)C1=NC2=NC(=S)N=CC2=N1. The van der Waals surface area contributed by atoms with Gasteiger partial charge in [-0.1, -0.05) is 13.8 Å². The Morgan fingerprint density at radius 1 is 1.23 bits per heavy atom. The Hall–Kier alpha value is -1.23. The summed E-state index contributed by atoms with van der Waals surface area (Å²) in [4.78, 5) is 16.4. The minimum Gasteiger partial charge on any atom is -0.228 e. The van der Waals surface area contributed by atoms with E-state index in [1.807, 2.05) is 13.8 Å². The van der Waals surface area contributed by atoms with Crippen LogP contribution in [0.3, 0.4) is 0 Å². The van der Waals surface area contributed by atoms with E-state index in [2.05, 4.69) is 20.0 Å². The average molecular weight is 192 g/mol. The molecule has 0 saturated heterocycles. The number of thiocarbonyl (C=S) groups is 1. The van der Waals surface area contributed by atoms with Crippen molar-refractivity contribution in [1.29, 1.82) is 0 Å². The van der Waals surface area contributed by atoms with E-state index in [9.17, 15) is 0 Å². The van der Waals surface area contributed by atoms with E-state index in [4.69, 9.17) is 12.2 Å². The predicted octanol–water partition coefficient (Wildman–Crippen LogP) is 1.26. The van der Waals surface area contributed by atoms with Crippen LogP contribution in [0.1, 0.15) is 13.8 Å². The Labute approximate surface area is 81.2 Å². The van der Waals surface area contributed by atoms with Crippen molar-refractivity contribution < 1.29 is 0 Å². The van der Waals surface area contributed by atoms with Gasteiger partial charge >= 0.3 is 0 Å². The van der Waals surface area contributed by atoms with Crippen LogP contribution >= 0.6 is 12.2 Å².